The van der Waals surface area contributed by atoms with E-state index in [4.69, 9.17) is 30.2 Å². The summed E-state index contributed by atoms with van der Waals surface area (Å²) in [6.07, 6.45) is 5.36. The van der Waals surface area contributed by atoms with E-state index in [-0.39, 0.29) is 41.1 Å². The summed E-state index contributed by atoms with van der Waals surface area (Å²) < 4.78 is 12.3. The molecule has 0 radical (unpaired) electrons. The van der Waals surface area contributed by atoms with Crippen molar-refractivity contribution in [2.24, 2.45) is 0 Å². The van der Waals surface area contributed by atoms with Crippen molar-refractivity contribution in [1.29, 1.82) is 10.7 Å². The van der Waals surface area contributed by atoms with Crippen molar-refractivity contribution in [3.8, 4) is 17.6 Å². The number of unbranched alkanes of at least 4 members (excludes halogenated alkanes) is 2. The SMILES string of the molecule is Br.CC(C)(C)c1cc(CCC(=O)CN2Cc3ccc(C4CC4)nc3C2=N)cc(OCCCC#N)c1OCCCCC(=O)O. The third-order valence-corrected chi connectivity index (χ3v) is 7.60. The molecule has 2 N–H and O–H groups in total. The van der Waals surface area contributed by atoms with Crippen LogP contribution < -0.4 is 9.47 Å². The number of Topliss-reactive ketones (excluding diaryl/α,β-unsaturated/α-hetero) is 1. The van der Waals surface area contributed by atoms with Gasteiger partial charge in [0.2, 0.25) is 0 Å². The highest BCUT2D eigenvalue weighted by Gasteiger charge is 2.31. The van der Waals surface area contributed by atoms with Crippen molar-refractivity contribution in [1.82, 2.24) is 9.88 Å². The summed E-state index contributed by atoms with van der Waals surface area (Å²) in [6, 6.07) is 10.2. The molecule has 0 atom stereocenters. The number of ether oxygens (including phenoxy) is 2. The fourth-order valence-corrected chi connectivity index (χ4v) is 5.09. The molecule has 1 aromatic carbocycles. The first-order valence-corrected chi connectivity index (χ1v) is 14.9. The summed E-state index contributed by atoms with van der Waals surface area (Å²) in [5.41, 5.74) is 4.40. The molecule has 1 aromatic heterocycles. The summed E-state index contributed by atoms with van der Waals surface area (Å²) in [6.45, 7) is 7.71. The summed E-state index contributed by atoms with van der Waals surface area (Å²) >= 11 is 0. The normalized spacial score (nSPS) is 14.1. The Balaban J connectivity index is 0.00000506. The van der Waals surface area contributed by atoms with Gasteiger partial charge in [-0.1, -0.05) is 32.9 Å². The fraction of sp³-hybridized carbons (Fsp3) is 0.545. The Morgan fingerprint density at radius 1 is 1.12 bits per heavy atom. The summed E-state index contributed by atoms with van der Waals surface area (Å²) in [5.74, 6) is 1.29. The van der Waals surface area contributed by atoms with Crippen molar-refractivity contribution in [2.45, 2.75) is 96.4 Å². The van der Waals surface area contributed by atoms with Gasteiger partial charge in [0.05, 0.1) is 25.8 Å². The molecule has 1 aliphatic heterocycles. The number of amidine groups is 1. The smallest absolute Gasteiger partial charge is 0.303 e. The van der Waals surface area contributed by atoms with E-state index in [1.165, 1.54) is 0 Å². The van der Waals surface area contributed by atoms with Crippen molar-refractivity contribution >= 4 is 34.6 Å². The number of nitrogens with one attached hydrogen (secondary N) is 1. The predicted molar refractivity (Wildman–Crippen MR) is 170 cm³/mol. The lowest BCUT2D eigenvalue weighted by Gasteiger charge is -2.26. The molecule has 232 valence electrons. The average molecular weight is 656 g/mol. The molecule has 0 amide bonds. The number of carboxylic acids is 1. The van der Waals surface area contributed by atoms with Crippen LogP contribution in [0.5, 0.6) is 11.5 Å². The number of benzene rings is 1. The van der Waals surface area contributed by atoms with Gasteiger partial charge >= 0.3 is 5.97 Å². The van der Waals surface area contributed by atoms with Crippen LogP contribution in [0.1, 0.15) is 106 Å². The second kappa shape index (κ2) is 15.3. The summed E-state index contributed by atoms with van der Waals surface area (Å²) in [7, 11) is 0. The lowest BCUT2D eigenvalue weighted by atomic mass is 9.84. The van der Waals surface area contributed by atoms with Gasteiger partial charge in [0.15, 0.2) is 17.3 Å². The second-order valence-corrected chi connectivity index (χ2v) is 12.3. The quantitative estimate of drug-likeness (QED) is 0.196. The number of ketones is 1. The van der Waals surface area contributed by atoms with Crippen molar-refractivity contribution in [3.05, 3.63) is 52.3 Å². The van der Waals surface area contributed by atoms with Crippen LogP contribution in [-0.2, 0) is 28.0 Å². The maximum absolute atomic E-state index is 13.1. The summed E-state index contributed by atoms with van der Waals surface area (Å²) in [5, 5.41) is 26.5. The van der Waals surface area contributed by atoms with Gasteiger partial charge in [-0.2, -0.15) is 5.26 Å². The number of hydrogen-bond donors (Lipinski definition) is 2. The van der Waals surface area contributed by atoms with E-state index in [1.807, 2.05) is 11.0 Å². The maximum atomic E-state index is 13.1. The number of halogens is 1. The van der Waals surface area contributed by atoms with Gasteiger partial charge in [0.25, 0.3) is 0 Å². The molecule has 1 aliphatic carbocycles. The van der Waals surface area contributed by atoms with Crippen LogP contribution in [0.2, 0.25) is 0 Å². The number of aryl methyl sites for hydroxylation is 1. The minimum Gasteiger partial charge on any atom is -0.490 e. The zero-order valence-corrected chi connectivity index (χ0v) is 27.1. The van der Waals surface area contributed by atoms with Gasteiger partial charge in [-0.3, -0.25) is 15.0 Å². The summed E-state index contributed by atoms with van der Waals surface area (Å²) in [4.78, 5) is 30.5. The Hall–Kier alpha value is -3.45. The number of aliphatic carboxylic acids is 1. The Morgan fingerprint density at radius 3 is 2.53 bits per heavy atom. The molecule has 2 heterocycles. The number of hydrogen-bond acceptors (Lipinski definition) is 7. The van der Waals surface area contributed by atoms with E-state index < -0.39 is 5.97 Å². The molecule has 0 bridgehead atoms. The fourth-order valence-electron chi connectivity index (χ4n) is 5.09. The zero-order chi connectivity index (χ0) is 30.3. The van der Waals surface area contributed by atoms with E-state index in [0.717, 1.165) is 35.2 Å². The lowest BCUT2D eigenvalue weighted by molar-refractivity contribution is -0.137. The predicted octanol–water partition coefficient (Wildman–Crippen LogP) is 6.49. The lowest BCUT2D eigenvalue weighted by Crippen LogP contribution is -2.30. The van der Waals surface area contributed by atoms with Gasteiger partial charge in [0.1, 0.15) is 11.5 Å². The Morgan fingerprint density at radius 2 is 1.86 bits per heavy atom. The van der Waals surface area contributed by atoms with Crippen LogP contribution in [-0.4, -0.2) is 52.3 Å². The topological polar surface area (TPSA) is 137 Å². The Bertz CT molecular complexity index is 1360. The molecule has 2 aromatic rings. The molecule has 9 nitrogen and oxygen atoms in total. The van der Waals surface area contributed by atoms with Crippen LogP contribution in [0.25, 0.3) is 0 Å². The number of rotatable bonds is 16. The van der Waals surface area contributed by atoms with Crippen LogP contribution >= 0.6 is 17.0 Å². The minimum absolute atomic E-state index is 0. The molecular weight excluding hydrogens is 612 g/mol. The van der Waals surface area contributed by atoms with E-state index in [2.05, 4.69) is 45.0 Å². The number of nitriles is 1. The molecule has 1 fully saturated rings. The number of pyridine rings is 1. The average Bonchev–Trinajstić information content (AvgIpc) is 3.74. The van der Waals surface area contributed by atoms with E-state index in [0.29, 0.717) is 87.2 Å². The molecule has 10 heteroatoms. The molecule has 1 saturated carbocycles. The molecule has 0 unspecified atom stereocenters. The Labute approximate surface area is 264 Å². The van der Waals surface area contributed by atoms with Crippen LogP contribution in [0.3, 0.4) is 0 Å². The molecular formula is C33H43BrN4O5. The standard InChI is InChI=1S/C33H42N4O5.BrH/c1-33(2,3)26-18-22(19-28(41-16-7-5-15-34)31(26)42-17-6-4-8-29(39)40)9-13-25(38)21-37-20-24-12-14-27(23-10-11-23)36-30(24)32(37)35;/h12,14,18-19,23,35H,4-11,13,16-17,20-21H2,1-3H3,(H,39,40);1H. The number of fused-ring (bicyclic) bond motifs is 1. The van der Waals surface area contributed by atoms with Crippen LogP contribution in [0.4, 0.5) is 0 Å². The number of nitrogens with zero attached hydrogens (tertiary/aromatic N) is 3. The number of carbonyl (C=O) groups excluding carboxylic acids is 1. The van der Waals surface area contributed by atoms with Gasteiger partial charge in [0, 0.05) is 48.5 Å². The number of carboxylic acid groups (broad SMARTS) is 1. The highest BCUT2D eigenvalue weighted by atomic mass is 79.9. The van der Waals surface area contributed by atoms with Crippen molar-refractivity contribution in [2.75, 3.05) is 19.8 Å². The van der Waals surface area contributed by atoms with E-state index in [9.17, 15) is 9.59 Å². The maximum Gasteiger partial charge on any atom is 0.303 e. The number of aromatic nitrogens is 1. The molecule has 0 saturated heterocycles. The molecule has 2 aliphatic rings. The van der Waals surface area contributed by atoms with Gasteiger partial charge in [-0.15, -0.1) is 17.0 Å². The minimum atomic E-state index is -0.823. The van der Waals surface area contributed by atoms with Gasteiger partial charge < -0.3 is 19.5 Å². The first-order chi connectivity index (χ1) is 20.1. The second-order valence-electron chi connectivity index (χ2n) is 12.3. The third-order valence-electron chi connectivity index (χ3n) is 7.60. The van der Waals surface area contributed by atoms with Crippen LogP contribution in [0, 0.1) is 16.7 Å². The highest BCUT2D eigenvalue weighted by Crippen LogP contribution is 2.41. The zero-order valence-electron chi connectivity index (χ0n) is 25.4. The molecule has 4 rings (SSSR count). The largest absolute Gasteiger partial charge is 0.490 e. The monoisotopic (exact) mass is 654 g/mol. The molecule has 0 spiro atoms. The van der Waals surface area contributed by atoms with Gasteiger partial charge in [-0.05, 0) is 61.6 Å². The van der Waals surface area contributed by atoms with E-state index in [1.54, 1.807) is 0 Å². The first kappa shape index (κ1) is 34.0. The van der Waals surface area contributed by atoms with Crippen LogP contribution in [0.15, 0.2) is 24.3 Å². The molecule has 43 heavy (non-hydrogen) atoms. The first-order valence-electron chi connectivity index (χ1n) is 14.9. The van der Waals surface area contributed by atoms with E-state index >= 15 is 0 Å². The Kier molecular flexibility index (Phi) is 12.1. The van der Waals surface area contributed by atoms with Crippen molar-refractivity contribution < 1.29 is 24.2 Å². The van der Waals surface area contributed by atoms with Crippen molar-refractivity contribution in [3.63, 3.8) is 0 Å². The highest BCUT2D eigenvalue weighted by molar-refractivity contribution is 8.93. The third kappa shape index (κ3) is 9.52. The van der Waals surface area contributed by atoms with Gasteiger partial charge in [-0.25, -0.2) is 4.98 Å². The number of carbonyl (C=O) groups is 2.